The average molecular weight is 223 g/mol. The Morgan fingerprint density at radius 2 is 1.88 bits per heavy atom. The smallest absolute Gasteiger partial charge is 0.0687 e. The quantitative estimate of drug-likeness (QED) is 0.691. The molecule has 3 heteroatoms. The van der Waals surface area contributed by atoms with E-state index in [1.165, 1.54) is 0 Å². The van der Waals surface area contributed by atoms with E-state index < -0.39 is 0 Å². The van der Waals surface area contributed by atoms with Crippen LogP contribution in [0.3, 0.4) is 0 Å². The zero-order valence-corrected chi connectivity index (χ0v) is 9.84. The lowest BCUT2D eigenvalue weighted by molar-refractivity contribution is 0.199. The van der Waals surface area contributed by atoms with Crippen molar-refractivity contribution in [2.24, 2.45) is 0 Å². The van der Waals surface area contributed by atoms with E-state index in [0.29, 0.717) is 6.54 Å². The number of unbranched alkanes of at least 4 members (excludes halogenated alkanes) is 1. The van der Waals surface area contributed by atoms with Gasteiger partial charge in [-0.25, -0.2) is 0 Å². The lowest BCUT2D eigenvalue weighted by atomic mass is 10.2. The molecule has 0 unspecified atom stereocenters. The number of anilines is 1. The molecule has 0 spiro atoms. The highest BCUT2D eigenvalue weighted by atomic mass is 16.3. The minimum absolute atomic E-state index is 0.233. The number of aliphatic hydroxyl groups is 2. The van der Waals surface area contributed by atoms with Crippen LogP contribution >= 0.6 is 0 Å². The molecule has 90 valence electrons. The fraction of sp³-hybridized carbons (Fsp3) is 0.538. The monoisotopic (exact) mass is 223 g/mol. The van der Waals surface area contributed by atoms with E-state index in [1.54, 1.807) is 6.92 Å². The number of aliphatic hydroxyl groups excluding tert-OH is 2. The van der Waals surface area contributed by atoms with E-state index in [9.17, 15) is 5.11 Å². The van der Waals surface area contributed by atoms with Gasteiger partial charge in [-0.3, -0.25) is 0 Å². The van der Waals surface area contributed by atoms with Gasteiger partial charge in [0.15, 0.2) is 0 Å². The molecule has 1 rings (SSSR count). The van der Waals surface area contributed by atoms with Gasteiger partial charge in [-0.1, -0.05) is 18.2 Å². The Bertz CT molecular complexity index is 275. The minimum Gasteiger partial charge on any atom is -0.396 e. The summed E-state index contributed by atoms with van der Waals surface area (Å²) in [6.45, 7) is 3.53. The molecule has 0 saturated carbocycles. The van der Waals surface area contributed by atoms with Crippen molar-refractivity contribution < 1.29 is 10.2 Å². The Labute approximate surface area is 97.3 Å². The first-order valence-electron chi connectivity index (χ1n) is 5.83. The summed E-state index contributed by atoms with van der Waals surface area (Å²) in [4.78, 5) is 2.15. The molecule has 0 heterocycles. The molecule has 2 N–H and O–H groups in total. The summed E-state index contributed by atoms with van der Waals surface area (Å²) < 4.78 is 0. The summed E-state index contributed by atoms with van der Waals surface area (Å²) in [5, 5.41) is 18.2. The van der Waals surface area contributed by atoms with Crippen LogP contribution in [0.4, 0.5) is 5.69 Å². The summed E-state index contributed by atoms with van der Waals surface area (Å²) in [6.07, 6.45) is 1.41. The number of rotatable bonds is 7. The average Bonchev–Trinajstić information content (AvgIpc) is 2.29. The second-order valence-corrected chi connectivity index (χ2v) is 4.06. The molecule has 0 bridgehead atoms. The van der Waals surface area contributed by atoms with Gasteiger partial charge in [0.1, 0.15) is 0 Å². The van der Waals surface area contributed by atoms with Crippen LogP contribution in [0.1, 0.15) is 19.8 Å². The van der Waals surface area contributed by atoms with Crippen molar-refractivity contribution >= 4 is 5.69 Å². The highest BCUT2D eigenvalue weighted by Gasteiger charge is 2.08. The Morgan fingerprint density at radius 3 is 2.44 bits per heavy atom. The third-order valence-electron chi connectivity index (χ3n) is 2.44. The lowest BCUT2D eigenvalue weighted by Crippen LogP contribution is -2.31. The van der Waals surface area contributed by atoms with Crippen molar-refractivity contribution in [3.63, 3.8) is 0 Å². The molecule has 0 aromatic heterocycles. The maximum Gasteiger partial charge on any atom is 0.0687 e. The first-order valence-corrected chi connectivity index (χ1v) is 5.83. The van der Waals surface area contributed by atoms with Crippen LogP contribution in [0, 0.1) is 0 Å². The van der Waals surface area contributed by atoms with E-state index >= 15 is 0 Å². The van der Waals surface area contributed by atoms with Gasteiger partial charge in [0.25, 0.3) is 0 Å². The van der Waals surface area contributed by atoms with Crippen LogP contribution in [0.15, 0.2) is 30.3 Å². The van der Waals surface area contributed by atoms with Gasteiger partial charge in [-0.2, -0.15) is 0 Å². The fourth-order valence-electron chi connectivity index (χ4n) is 1.70. The number of para-hydroxylation sites is 1. The third-order valence-corrected chi connectivity index (χ3v) is 2.44. The van der Waals surface area contributed by atoms with Gasteiger partial charge in [0.2, 0.25) is 0 Å². The number of nitrogens with zero attached hydrogens (tertiary/aromatic N) is 1. The molecular formula is C13H21NO2. The molecule has 16 heavy (non-hydrogen) atoms. The van der Waals surface area contributed by atoms with Crippen LogP contribution in [0.25, 0.3) is 0 Å². The van der Waals surface area contributed by atoms with Gasteiger partial charge in [0.05, 0.1) is 6.10 Å². The van der Waals surface area contributed by atoms with Crippen LogP contribution in [-0.2, 0) is 0 Å². The maximum absolute atomic E-state index is 9.45. The fourth-order valence-corrected chi connectivity index (χ4v) is 1.70. The molecule has 1 aromatic rings. The van der Waals surface area contributed by atoms with Gasteiger partial charge in [-0.05, 0) is 31.9 Å². The van der Waals surface area contributed by atoms with Crippen molar-refractivity contribution in [1.29, 1.82) is 0 Å². The second-order valence-electron chi connectivity index (χ2n) is 4.06. The third kappa shape index (κ3) is 4.64. The zero-order chi connectivity index (χ0) is 11.8. The van der Waals surface area contributed by atoms with Gasteiger partial charge in [0, 0.05) is 25.4 Å². The molecule has 0 radical (unpaired) electrons. The van der Waals surface area contributed by atoms with Crippen LogP contribution < -0.4 is 4.90 Å². The van der Waals surface area contributed by atoms with E-state index in [2.05, 4.69) is 4.90 Å². The Balaban J connectivity index is 2.56. The van der Waals surface area contributed by atoms with E-state index in [1.807, 2.05) is 30.3 Å². The second kappa shape index (κ2) is 7.25. The summed E-state index contributed by atoms with van der Waals surface area (Å²) >= 11 is 0. The minimum atomic E-state index is -0.339. The summed E-state index contributed by atoms with van der Waals surface area (Å²) in [7, 11) is 0. The molecule has 0 aliphatic heterocycles. The predicted molar refractivity (Wildman–Crippen MR) is 66.7 cm³/mol. The van der Waals surface area contributed by atoms with Gasteiger partial charge in [-0.15, -0.1) is 0 Å². The highest BCUT2D eigenvalue weighted by molar-refractivity contribution is 5.45. The van der Waals surface area contributed by atoms with Crippen molar-refractivity contribution in [3.8, 4) is 0 Å². The molecule has 0 aliphatic rings. The Morgan fingerprint density at radius 1 is 1.19 bits per heavy atom. The number of hydrogen-bond acceptors (Lipinski definition) is 3. The standard InChI is InChI=1S/C13H21NO2/c1-12(16)11-14(9-5-6-10-15)13-7-3-2-4-8-13/h2-4,7-8,12,15-16H,5-6,9-11H2,1H3/t12-/m1/s1. The molecule has 0 fully saturated rings. The molecule has 1 aromatic carbocycles. The van der Waals surface area contributed by atoms with Crippen LogP contribution in [0.2, 0.25) is 0 Å². The van der Waals surface area contributed by atoms with Crippen molar-refractivity contribution in [2.75, 3.05) is 24.6 Å². The zero-order valence-electron chi connectivity index (χ0n) is 9.84. The number of hydrogen-bond donors (Lipinski definition) is 2. The predicted octanol–water partition coefficient (Wildman–Crippen LogP) is 1.65. The largest absolute Gasteiger partial charge is 0.396 e. The first kappa shape index (κ1) is 13.0. The molecule has 0 aliphatic carbocycles. The van der Waals surface area contributed by atoms with Gasteiger partial charge >= 0.3 is 0 Å². The maximum atomic E-state index is 9.45. The molecular weight excluding hydrogens is 202 g/mol. The number of benzene rings is 1. The van der Waals surface area contributed by atoms with Crippen LogP contribution in [-0.4, -0.2) is 36.0 Å². The Kier molecular flexibility index (Phi) is 5.90. The van der Waals surface area contributed by atoms with Crippen LogP contribution in [0.5, 0.6) is 0 Å². The van der Waals surface area contributed by atoms with Crippen molar-refractivity contribution in [1.82, 2.24) is 0 Å². The van der Waals surface area contributed by atoms with E-state index in [0.717, 1.165) is 25.1 Å². The van der Waals surface area contributed by atoms with Gasteiger partial charge < -0.3 is 15.1 Å². The topological polar surface area (TPSA) is 43.7 Å². The first-order chi connectivity index (χ1) is 7.74. The lowest BCUT2D eigenvalue weighted by Gasteiger charge is -2.26. The summed E-state index contributed by atoms with van der Waals surface area (Å²) in [6, 6.07) is 10.1. The van der Waals surface area contributed by atoms with E-state index in [-0.39, 0.29) is 12.7 Å². The van der Waals surface area contributed by atoms with E-state index in [4.69, 9.17) is 5.11 Å². The summed E-state index contributed by atoms with van der Waals surface area (Å²) in [5.74, 6) is 0. The molecule has 1 atom stereocenters. The van der Waals surface area contributed by atoms with Crippen molar-refractivity contribution in [2.45, 2.75) is 25.9 Å². The highest BCUT2D eigenvalue weighted by Crippen LogP contribution is 2.14. The molecule has 0 saturated heterocycles. The Hall–Kier alpha value is -1.06. The normalized spacial score (nSPS) is 12.4. The molecule has 3 nitrogen and oxygen atoms in total. The van der Waals surface area contributed by atoms with Crippen molar-refractivity contribution in [3.05, 3.63) is 30.3 Å². The summed E-state index contributed by atoms with van der Waals surface area (Å²) in [5.41, 5.74) is 1.13. The molecule has 0 amide bonds. The SMILES string of the molecule is C[C@@H](O)CN(CCCCO)c1ccccc1.